The topological polar surface area (TPSA) is 21.1 Å². The molecule has 0 fully saturated rings. The number of para-hydroxylation sites is 3. The van der Waals surface area contributed by atoms with E-state index in [1.54, 1.807) is 0 Å². The average Bonchev–Trinajstić information content (AvgIpc) is 3.68. The summed E-state index contributed by atoms with van der Waals surface area (Å²) in [6, 6.07) is 71.3. The lowest BCUT2D eigenvalue weighted by Gasteiger charge is -2.34. The van der Waals surface area contributed by atoms with Gasteiger partial charge >= 0.3 is 0 Å². The third-order valence-electron chi connectivity index (χ3n) is 12.2. The van der Waals surface area contributed by atoms with E-state index >= 15 is 0 Å². The van der Waals surface area contributed by atoms with E-state index in [2.05, 4.69) is 211 Å². The first-order valence-corrected chi connectivity index (χ1v) is 20.2. The molecule has 2 heterocycles. The number of fused-ring (bicyclic) bond motifs is 6. The minimum atomic E-state index is 0.816. The number of hydrogen-bond donors (Lipinski definition) is 0. The zero-order valence-corrected chi connectivity index (χ0v) is 32.0. The molecule has 58 heavy (non-hydrogen) atoms. The van der Waals surface area contributed by atoms with Crippen molar-refractivity contribution >= 4 is 71.2 Å². The molecular weight excluding hydrogens is 703 g/mol. The Morgan fingerprint density at radius 3 is 1.66 bits per heavy atom. The molecule has 1 aliphatic rings. The zero-order valence-electron chi connectivity index (χ0n) is 32.0. The van der Waals surface area contributed by atoms with E-state index in [0.717, 1.165) is 46.0 Å². The van der Waals surface area contributed by atoms with Crippen LogP contribution in [0.3, 0.4) is 0 Å². The van der Waals surface area contributed by atoms with Gasteiger partial charge in [-0.3, -0.25) is 4.57 Å². The Balaban J connectivity index is 1.22. The molecule has 0 saturated heterocycles. The minimum absolute atomic E-state index is 0.816. The largest absolute Gasteiger partial charge is 0.306 e. The fourth-order valence-electron chi connectivity index (χ4n) is 9.79. The zero-order chi connectivity index (χ0) is 38.3. The number of anilines is 3. The summed E-state index contributed by atoms with van der Waals surface area (Å²) in [7, 11) is 0. The molecule has 0 saturated carbocycles. The van der Waals surface area contributed by atoms with E-state index in [1.807, 2.05) is 0 Å². The SMILES string of the molecule is CCc1nc2cccc3c2n1-c1c(-c2ccc4c(-c5cccc6ccccc56)c5ccccc5c(-c5cccc6ccccc56)c4c2)cccc1N3c1ccccc1. The first-order valence-electron chi connectivity index (χ1n) is 20.2. The monoisotopic (exact) mass is 739 g/mol. The molecule has 11 aromatic rings. The van der Waals surface area contributed by atoms with E-state index in [4.69, 9.17) is 4.98 Å². The lowest BCUT2D eigenvalue weighted by Crippen LogP contribution is -2.19. The van der Waals surface area contributed by atoms with Crippen molar-refractivity contribution in [2.45, 2.75) is 13.3 Å². The summed E-state index contributed by atoms with van der Waals surface area (Å²) in [4.78, 5) is 7.65. The van der Waals surface area contributed by atoms with Crippen LogP contribution in [0, 0.1) is 0 Å². The van der Waals surface area contributed by atoms with Gasteiger partial charge in [-0.25, -0.2) is 4.98 Å². The quantitative estimate of drug-likeness (QED) is 0.164. The maximum Gasteiger partial charge on any atom is 0.114 e. The van der Waals surface area contributed by atoms with Crippen molar-refractivity contribution in [2.75, 3.05) is 4.90 Å². The number of rotatable bonds is 5. The molecule has 0 atom stereocenters. The van der Waals surface area contributed by atoms with Crippen LogP contribution in [0.15, 0.2) is 194 Å². The van der Waals surface area contributed by atoms with Gasteiger partial charge in [0.15, 0.2) is 0 Å². The van der Waals surface area contributed by atoms with Crippen LogP contribution in [0.1, 0.15) is 12.7 Å². The highest BCUT2D eigenvalue weighted by Crippen LogP contribution is 2.52. The molecule has 0 N–H and O–H groups in total. The van der Waals surface area contributed by atoms with Crippen LogP contribution in [-0.4, -0.2) is 9.55 Å². The van der Waals surface area contributed by atoms with Crippen LogP contribution < -0.4 is 4.90 Å². The summed E-state index contributed by atoms with van der Waals surface area (Å²) in [5.41, 5.74) is 14.1. The van der Waals surface area contributed by atoms with Crippen molar-refractivity contribution in [1.29, 1.82) is 0 Å². The van der Waals surface area contributed by atoms with Gasteiger partial charge in [0.25, 0.3) is 0 Å². The van der Waals surface area contributed by atoms with Gasteiger partial charge in [-0.2, -0.15) is 0 Å². The Kier molecular flexibility index (Phi) is 7.21. The lowest BCUT2D eigenvalue weighted by atomic mass is 9.82. The Labute approximate surface area is 336 Å². The van der Waals surface area contributed by atoms with Crippen molar-refractivity contribution in [3.8, 4) is 39.1 Å². The summed E-state index contributed by atoms with van der Waals surface area (Å²) in [5, 5.41) is 9.95. The van der Waals surface area contributed by atoms with Crippen molar-refractivity contribution in [1.82, 2.24) is 9.55 Å². The molecule has 0 spiro atoms. The van der Waals surface area contributed by atoms with Crippen LogP contribution in [0.25, 0.3) is 93.2 Å². The molecule has 1 aromatic heterocycles. The first kappa shape index (κ1) is 32.7. The third-order valence-corrected chi connectivity index (χ3v) is 12.2. The van der Waals surface area contributed by atoms with Gasteiger partial charge < -0.3 is 4.90 Å². The van der Waals surface area contributed by atoms with Crippen molar-refractivity contribution in [2.24, 2.45) is 0 Å². The molecular formula is C55H37N3. The molecule has 0 radical (unpaired) electrons. The van der Waals surface area contributed by atoms with Crippen molar-refractivity contribution in [3.05, 3.63) is 200 Å². The fraction of sp³-hybridized carbons (Fsp3) is 0.0364. The highest BCUT2D eigenvalue weighted by molar-refractivity contribution is 6.26. The number of hydrogen-bond acceptors (Lipinski definition) is 2. The molecule has 3 nitrogen and oxygen atoms in total. The van der Waals surface area contributed by atoms with Gasteiger partial charge in [0.2, 0.25) is 0 Å². The normalized spacial score (nSPS) is 12.3. The number of nitrogens with zero attached hydrogens (tertiary/aromatic N) is 3. The third kappa shape index (κ3) is 4.71. The van der Waals surface area contributed by atoms with E-state index in [9.17, 15) is 0 Å². The number of benzene rings is 10. The Bertz CT molecular complexity index is 3440. The predicted molar refractivity (Wildman–Crippen MR) is 245 cm³/mol. The van der Waals surface area contributed by atoms with Gasteiger partial charge in [0, 0.05) is 17.7 Å². The minimum Gasteiger partial charge on any atom is -0.306 e. The summed E-state index contributed by atoms with van der Waals surface area (Å²) >= 11 is 0. The highest BCUT2D eigenvalue weighted by atomic mass is 15.2. The molecule has 272 valence electrons. The number of imidazole rings is 1. The highest BCUT2D eigenvalue weighted by Gasteiger charge is 2.31. The second-order valence-electron chi connectivity index (χ2n) is 15.3. The number of aromatic nitrogens is 2. The van der Waals surface area contributed by atoms with Gasteiger partial charge in [0.05, 0.1) is 28.1 Å². The van der Waals surface area contributed by atoms with E-state index in [0.29, 0.717) is 0 Å². The molecule has 0 aliphatic carbocycles. The van der Waals surface area contributed by atoms with Crippen LogP contribution in [0.2, 0.25) is 0 Å². The summed E-state index contributed by atoms with van der Waals surface area (Å²) < 4.78 is 2.44. The molecule has 1 aliphatic heterocycles. The van der Waals surface area contributed by atoms with Crippen LogP contribution in [0.4, 0.5) is 17.1 Å². The maximum absolute atomic E-state index is 5.24. The lowest BCUT2D eigenvalue weighted by molar-refractivity contribution is 0.901. The van der Waals surface area contributed by atoms with Crippen molar-refractivity contribution in [3.63, 3.8) is 0 Å². The molecule has 0 bridgehead atoms. The maximum atomic E-state index is 5.24. The molecule has 0 amide bonds. The second-order valence-corrected chi connectivity index (χ2v) is 15.3. The smallest absolute Gasteiger partial charge is 0.114 e. The van der Waals surface area contributed by atoms with Gasteiger partial charge in [-0.15, -0.1) is 0 Å². The van der Waals surface area contributed by atoms with Crippen LogP contribution in [0.5, 0.6) is 0 Å². The fourth-order valence-corrected chi connectivity index (χ4v) is 9.79. The van der Waals surface area contributed by atoms with Gasteiger partial charge in [0.1, 0.15) is 5.82 Å². The molecule has 0 unspecified atom stereocenters. The van der Waals surface area contributed by atoms with Crippen LogP contribution >= 0.6 is 0 Å². The van der Waals surface area contributed by atoms with E-state index < -0.39 is 0 Å². The van der Waals surface area contributed by atoms with Gasteiger partial charge in [-0.1, -0.05) is 165 Å². The van der Waals surface area contributed by atoms with E-state index in [-0.39, 0.29) is 0 Å². The average molecular weight is 740 g/mol. The summed E-state index contributed by atoms with van der Waals surface area (Å²) in [6.45, 7) is 2.21. The first-order chi connectivity index (χ1) is 28.8. The molecule has 12 rings (SSSR count). The van der Waals surface area contributed by atoms with Crippen molar-refractivity contribution < 1.29 is 0 Å². The second kappa shape index (κ2) is 12.8. The predicted octanol–water partition coefficient (Wildman–Crippen LogP) is 15.0. The summed E-state index contributed by atoms with van der Waals surface area (Å²) in [6.07, 6.45) is 0.816. The Hall–Kier alpha value is -7.49. The number of aryl methyl sites for hydroxylation is 1. The molecule has 3 heteroatoms. The Morgan fingerprint density at radius 1 is 0.431 bits per heavy atom. The molecule has 10 aromatic carbocycles. The Morgan fingerprint density at radius 2 is 0.966 bits per heavy atom. The van der Waals surface area contributed by atoms with Gasteiger partial charge in [-0.05, 0) is 107 Å². The van der Waals surface area contributed by atoms with E-state index in [1.165, 1.54) is 76.5 Å². The standard InChI is InChI=1S/C55H37N3/c1-2-51-56-48-29-15-31-50-55(48)58(51)54-41(26-14-30-49(54)57(50)38-20-4-3-5-21-38)37-32-33-46-47(34-37)53(43-28-13-19-36-17-7-9-23-40(36)43)45-25-11-10-24-44(45)52(46)42-27-12-18-35-16-6-8-22-39(35)42/h3-34H,2H2,1H3. The summed E-state index contributed by atoms with van der Waals surface area (Å²) in [5.74, 6) is 1.06. The van der Waals surface area contributed by atoms with Crippen LogP contribution in [-0.2, 0) is 6.42 Å².